The third-order valence-electron chi connectivity index (χ3n) is 2.89. The second-order valence-corrected chi connectivity index (χ2v) is 5.04. The number of ether oxygens (including phenoxy) is 2. The van der Waals surface area contributed by atoms with Crippen molar-refractivity contribution in [3.63, 3.8) is 0 Å². The first kappa shape index (κ1) is 20.1. The van der Waals surface area contributed by atoms with Gasteiger partial charge in [-0.05, 0) is 18.2 Å². The zero-order valence-electron chi connectivity index (χ0n) is 13.3. The van der Waals surface area contributed by atoms with Gasteiger partial charge in [0.15, 0.2) is 24.8 Å². The molecular formula is C16H11F5N2O4. The second-order valence-electron chi connectivity index (χ2n) is 5.04. The number of hydrogen-bond donors (Lipinski definition) is 1. The van der Waals surface area contributed by atoms with Gasteiger partial charge in [0.25, 0.3) is 5.91 Å². The van der Waals surface area contributed by atoms with E-state index in [-0.39, 0.29) is 17.1 Å². The predicted molar refractivity (Wildman–Crippen MR) is 81.1 cm³/mol. The van der Waals surface area contributed by atoms with Gasteiger partial charge in [0, 0.05) is 24.0 Å². The molecule has 6 nitrogen and oxygen atoms in total. The highest BCUT2D eigenvalue weighted by atomic mass is 19.4. The minimum Gasteiger partial charge on any atom is -0.468 e. The van der Waals surface area contributed by atoms with Crippen LogP contribution in [-0.2, 0) is 9.53 Å². The maximum Gasteiger partial charge on any atom is 0.422 e. The SMILES string of the molecule is O=C(COC(=O)c1ccc(OCC(F)(F)F)nc1)Nc1ccc(F)c(F)c1. The fourth-order valence-corrected chi connectivity index (χ4v) is 1.73. The van der Waals surface area contributed by atoms with Crippen molar-refractivity contribution in [3.05, 3.63) is 53.7 Å². The number of benzene rings is 1. The van der Waals surface area contributed by atoms with Crippen LogP contribution in [0.4, 0.5) is 27.6 Å². The van der Waals surface area contributed by atoms with Crippen LogP contribution in [0.5, 0.6) is 5.88 Å². The minimum absolute atomic E-state index is 0.0391. The van der Waals surface area contributed by atoms with Crippen molar-refractivity contribution >= 4 is 17.6 Å². The molecule has 0 bridgehead atoms. The number of nitrogens with zero attached hydrogens (tertiary/aromatic N) is 1. The molecule has 0 atom stereocenters. The molecule has 0 radical (unpaired) electrons. The number of alkyl halides is 3. The molecule has 1 amide bonds. The van der Waals surface area contributed by atoms with Crippen LogP contribution in [0.15, 0.2) is 36.5 Å². The van der Waals surface area contributed by atoms with Gasteiger partial charge in [-0.15, -0.1) is 0 Å². The van der Waals surface area contributed by atoms with E-state index in [2.05, 4.69) is 15.0 Å². The minimum atomic E-state index is -4.53. The lowest BCUT2D eigenvalue weighted by atomic mass is 10.3. The van der Waals surface area contributed by atoms with Crippen LogP contribution in [0.3, 0.4) is 0 Å². The lowest BCUT2D eigenvalue weighted by Gasteiger charge is -2.09. The lowest BCUT2D eigenvalue weighted by Crippen LogP contribution is -2.21. The van der Waals surface area contributed by atoms with Gasteiger partial charge in [0.05, 0.1) is 5.56 Å². The van der Waals surface area contributed by atoms with E-state index in [1.165, 1.54) is 0 Å². The molecule has 1 aromatic heterocycles. The number of carbonyl (C=O) groups excluding carboxylic acids is 2. The highest BCUT2D eigenvalue weighted by Gasteiger charge is 2.28. The summed E-state index contributed by atoms with van der Waals surface area (Å²) in [7, 11) is 0. The highest BCUT2D eigenvalue weighted by molar-refractivity contribution is 5.95. The summed E-state index contributed by atoms with van der Waals surface area (Å²) >= 11 is 0. The van der Waals surface area contributed by atoms with E-state index in [0.717, 1.165) is 36.5 Å². The smallest absolute Gasteiger partial charge is 0.422 e. The van der Waals surface area contributed by atoms with Gasteiger partial charge < -0.3 is 14.8 Å². The lowest BCUT2D eigenvalue weighted by molar-refractivity contribution is -0.154. The summed E-state index contributed by atoms with van der Waals surface area (Å²) < 4.78 is 70.9. The molecule has 2 rings (SSSR count). The first-order chi connectivity index (χ1) is 12.6. The van der Waals surface area contributed by atoms with Crippen LogP contribution in [-0.4, -0.2) is 36.3 Å². The molecule has 0 saturated carbocycles. The Bertz CT molecular complexity index is 825. The summed E-state index contributed by atoms with van der Waals surface area (Å²) in [5.74, 6) is -4.38. The average molecular weight is 390 g/mol. The molecule has 1 heterocycles. The van der Waals surface area contributed by atoms with Crippen LogP contribution >= 0.6 is 0 Å². The number of nitrogens with one attached hydrogen (secondary N) is 1. The molecule has 0 fully saturated rings. The molecule has 144 valence electrons. The van der Waals surface area contributed by atoms with Crippen molar-refractivity contribution < 1.29 is 41.0 Å². The summed E-state index contributed by atoms with van der Waals surface area (Å²) in [5, 5.41) is 2.19. The van der Waals surface area contributed by atoms with Gasteiger partial charge in [-0.3, -0.25) is 4.79 Å². The summed E-state index contributed by atoms with van der Waals surface area (Å²) in [6, 6.07) is 4.81. The molecule has 0 aliphatic rings. The van der Waals surface area contributed by atoms with Gasteiger partial charge in [-0.2, -0.15) is 13.2 Å². The molecule has 0 aliphatic carbocycles. The molecular weight excluding hydrogens is 379 g/mol. The largest absolute Gasteiger partial charge is 0.468 e. The second kappa shape index (κ2) is 8.43. The standard InChI is InChI=1S/C16H11F5N2O4/c17-11-3-2-10(5-12(11)18)23-13(24)7-26-15(25)9-1-4-14(22-6-9)27-8-16(19,20)21/h1-6H,7-8H2,(H,23,24). The predicted octanol–water partition coefficient (Wildman–Crippen LogP) is 3.10. The van der Waals surface area contributed by atoms with E-state index in [4.69, 9.17) is 4.74 Å². The van der Waals surface area contributed by atoms with E-state index in [0.29, 0.717) is 0 Å². The molecule has 0 saturated heterocycles. The third-order valence-corrected chi connectivity index (χ3v) is 2.89. The van der Waals surface area contributed by atoms with Crippen LogP contribution in [0.1, 0.15) is 10.4 Å². The zero-order valence-corrected chi connectivity index (χ0v) is 13.3. The van der Waals surface area contributed by atoms with Crippen LogP contribution < -0.4 is 10.1 Å². The van der Waals surface area contributed by atoms with Gasteiger partial charge in [0.1, 0.15) is 0 Å². The summed E-state index contributed by atoms with van der Waals surface area (Å²) in [6.45, 7) is -2.27. The number of amides is 1. The number of carbonyl (C=O) groups is 2. The highest BCUT2D eigenvalue weighted by Crippen LogP contribution is 2.17. The number of pyridine rings is 1. The molecule has 2 aromatic rings. The Kier molecular flexibility index (Phi) is 6.27. The van der Waals surface area contributed by atoms with Crippen molar-refractivity contribution in [1.29, 1.82) is 0 Å². The Hall–Kier alpha value is -3.24. The summed E-state index contributed by atoms with van der Waals surface area (Å²) in [6.07, 6.45) is -3.61. The van der Waals surface area contributed by atoms with Crippen molar-refractivity contribution in [2.75, 3.05) is 18.5 Å². The van der Waals surface area contributed by atoms with Crippen molar-refractivity contribution in [2.45, 2.75) is 6.18 Å². The Labute approximate surface area is 148 Å². The Balaban J connectivity index is 1.84. The topological polar surface area (TPSA) is 77.5 Å². The molecule has 1 aromatic carbocycles. The molecule has 1 N–H and O–H groups in total. The van der Waals surface area contributed by atoms with Gasteiger partial charge >= 0.3 is 12.1 Å². The van der Waals surface area contributed by atoms with Crippen molar-refractivity contribution in [3.8, 4) is 5.88 Å². The van der Waals surface area contributed by atoms with Crippen LogP contribution in [0.2, 0.25) is 0 Å². The number of esters is 1. The third kappa shape index (κ3) is 6.53. The normalized spacial score (nSPS) is 11.0. The average Bonchev–Trinajstić information content (AvgIpc) is 2.61. The van der Waals surface area contributed by atoms with Gasteiger partial charge in [-0.1, -0.05) is 0 Å². The number of halogens is 5. The number of hydrogen-bond acceptors (Lipinski definition) is 5. The maximum absolute atomic E-state index is 13.0. The van der Waals surface area contributed by atoms with E-state index in [1.807, 2.05) is 0 Å². The summed E-state index contributed by atoms with van der Waals surface area (Å²) in [5.41, 5.74) is -0.169. The first-order valence-corrected chi connectivity index (χ1v) is 7.22. The zero-order chi connectivity index (χ0) is 20.0. The Morgan fingerprint density at radius 1 is 1.07 bits per heavy atom. The first-order valence-electron chi connectivity index (χ1n) is 7.22. The van der Waals surface area contributed by atoms with E-state index >= 15 is 0 Å². The van der Waals surface area contributed by atoms with Gasteiger partial charge in [-0.25, -0.2) is 18.6 Å². The quantitative estimate of drug-likeness (QED) is 0.606. The number of rotatable bonds is 6. The van der Waals surface area contributed by atoms with E-state index in [1.54, 1.807) is 0 Å². The van der Waals surface area contributed by atoms with Crippen LogP contribution in [0, 0.1) is 11.6 Å². The fraction of sp³-hybridized carbons (Fsp3) is 0.188. The number of aromatic nitrogens is 1. The molecule has 0 aliphatic heterocycles. The van der Waals surface area contributed by atoms with Gasteiger partial charge in [0.2, 0.25) is 5.88 Å². The molecule has 27 heavy (non-hydrogen) atoms. The molecule has 0 unspecified atom stereocenters. The Morgan fingerprint density at radius 3 is 2.41 bits per heavy atom. The van der Waals surface area contributed by atoms with Crippen molar-refractivity contribution in [2.24, 2.45) is 0 Å². The van der Waals surface area contributed by atoms with Crippen molar-refractivity contribution in [1.82, 2.24) is 4.98 Å². The molecule has 11 heteroatoms. The number of anilines is 1. The van der Waals surface area contributed by atoms with Crippen LogP contribution in [0.25, 0.3) is 0 Å². The maximum atomic E-state index is 13.0. The van der Waals surface area contributed by atoms with E-state index < -0.39 is 42.9 Å². The van der Waals surface area contributed by atoms with E-state index in [9.17, 15) is 31.5 Å². The monoisotopic (exact) mass is 390 g/mol. The molecule has 0 spiro atoms. The fourth-order valence-electron chi connectivity index (χ4n) is 1.73. The summed E-state index contributed by atoms with van der Waals surface area (Å²) in [4.78, 5) is 26.9. The Morgan fingerprint density at radius 2 is 1.81 bits per heavy atom.